The number of rotatable bonds is 3. The number of hydrogen-bond donors (Lipinski definition) is 0. The molecule has 0 aliphatic heterocycles. The number of halogens is 1. The van der Waals surface area contributed by atoms with Crippen LogP contribution in [0.5, 0.6) is 0 Å². The Morgan fingerprint density at radius 3 is 2.79 bits per heavy atom. The smallest absolute Gasteiger partial charge is 0.170 e. The van der Waals surface area contributed by atoms with Crippen molar-refractivity contribution in [2.75, 3.05) is 11.9 Å². The zero-order valence-electron chi connectivity index (χ0n) is 10.5. The summed E-state index contributed by atoms with van der Waals surface area (Å²) >= 11 is 2.25. The Morgan fingerprint density at radius 2 is 2.00 bits per heavy atom. The first-order valence-corrected chi connectivity index (χ1v) is 7.07. The predicted molar refractivity (Wildman–Crippen MR) is 84.3 cm³/mol. The molecule has 0 spiro atoms. The molecule has 0 aliphatic carbocycles. The Hall–Kier alpha value is -1.63. The van der Waals surface area contributed by atoms with Gasteiger partial charge in [0.2, 0.25) is 0 Å². The van der Waals surface area contributed by atoms with Crippen LogP contribution in [0.4, 0.5) is 5.82 Å². The van der Waals surface area contributed by atoms with Gasteiger partial charge in [-0.3, -0.25) is 0 Å². The topological polar surface area (TPSA) is 33.4 Å². The van der Waals surface area contributed by atoms with Crippen molar-refractivity contribution in [1.82, 2.24) is 14.6 Å². The van der Waals surface area contributed by atoms with Gasteiger partial charge in [0.1, 0.15) is 5.82 Å². The summed E-state index contributed by atoms with van der Waals surface area (Å²) in [4.78, 5) is 6.53. The van der Waals surface area contributed by atoms with Gasteiger partial charge < -0.3 is 4.90 Å². The number of hydrogen-bond acceptors (Lipinski definition) is 3. The molecule has 0 fully saturated rings. The molecule has 0 N–H and O–H groups in total. The minimum Gasteiger partial charge on any atom is -0.355 e. The van der Waals surface area contributed by atoms with Gasteiger partial charge in [-0.25, -0.2) is 4.98 Å². The lowest BCUT2D eigenvalue weighted by molar-refractivity contribution is 0.832. The van der Waals surface area contributed by atoms with E-state index in [-0.39, 0.29) is 0 Å². The summed E-state index contributed by atoms with van der Waals surface area (Å²) in [5, 5.41) is 4.39. The first-order valence-electron chi connectivity index (χ1n) is 5.99. The van der Waals surface area contributed by atoms with E-state index in [4.69, 9.17) is 0 Å². The fourth-order valence-electron chi connectivity index (χ4n) is 2.08. The first kappa shape index (κ1) is 12.4. The van der Waals surface area contributed by atoms with E-state index < -0.39 is 0 Å². The normalized spacial score (nSPS) is 10.8. The number of aromatic nitrogens is 3. The molecule has 0 bridgehead atoms. The molecule has 2 heterocycles. The summed E-state index contributed by atoms with van der Waals surface area (Å²) in [5.41, 5.74) is 2.18. The summed E-state index contributed by atoms with van der Waals surface area (Å²) in [6.45, 7) is 0.844. The molecule has 0 saturated heterocycles. The van der Waals surface area contributed by atoms with E-state index in [1.165, 1.54) is 5.56 Å². The second kappa shape index (κ2) is 5.16. The molecule has 0 amide bonds. The monoisotopic (exact) mass is 364 g/mol. The molecule has 0 atom stereocenters. The Morgan fingerprint density at radius 1 is 1.21 bits per heavy atom. The van der Waals surface area contributed by atoms with Crippen LogP contribution in [0.25, 0.3) is 5.65 Å². The van der Waals surface area contributed by atoms with Crippen LogP contribution in [-0.2, 0) is 6.54 Å². The Balaban J connectivity index is 1.96. The largest absolute Gasteiger partial charge is 0.355 e. The van der Waals surface area contributed by atoms with Crippen LogP contribution in [0.2, 0.25) is 0 Å². The quantitative estimate of drug-likeness (QED) is 0.670. The Kier molecular flexibility index (Phi) is 3.37. The highest BCUT2D eigenvalue weighted by Crippen LogP contribution is 2.19. The van der Waals surface area contributed by atoms with Crippen LogP contribution in [0.15, 0.2) is 48.8 Å². The molecule has 1 aromatic carbocycles. The molecule has 2 aromatic heterocycles. The molecule has 96 valence electrons. The van der Waals surface area contributed by atoms with Gasteiger partial charge in [-0.15, -0.1) is 0 Å². The van der Waals surface area contributed by atoms with E-state index in [1.807, 2.05) is 29.0 Å². The van der Waals surface area contributed by atoms with Crippen molar-refractivity contribution < 1.29 is 0 Å². The summed E-state index contributed by atoms with van der Waals surface area (Å²) in [6, 6.07) is 12.4. The highest BCUT2D eigenvalue weighted by Gasteiger charge is 2.10. The maximum Gasteiger partial charge on any atom is 0.170 e. The van der Waals surface area contributed by atoms with E-state index >= 15 is 0 Å². The van der Waals surface area contributed by atoms with E-state index in [1.54, 1.807) is 0 Å². The highest BCUT2D eigenvalue weighted by atomic mass is 127. The van der Waals surface area contributed by atoms with Crippen molar-refractivity contribution in [3.05, 3.63) is 57.9 Å². The maximum atomic E-state index is 4.39. The van der Waals surface area contributed by atoms with Crippen LogP contribution < -0.4 is 4.90 Å². The van der Waals surface area contributed by atoms with Crippen LogP contribution in [-0.4, -0.2) is 21.6 Å². The van der Waals surface area contributed by atoms with Crippen molar-refractivity contribution in [3.8, 4) is 0 Å². The highest BCUT2D eigenvalue weighted by molar-refractivity contribution is 14.1. The van der Waals surface area contributed by atoms with Crippen molar-refractivity contribution in [1.29, 1.82) is 0 Å². The summed E-state index contributed by atoms with van der Waals surface area (Å²) in [7, 11) is 2.07. The lowest BCUT2D eigenvalue weighted by atomic mass is 10.2. The van der Waals surface area contributed by atoms with E-state index in [9.17, 15) is 0 Å². The van der Waals surface area contributed by atoms with Crippen molar-refractivity contribution in [2.24, 2.45) is 0 Å². The van der Waals surface area contributed by atoms with Gasteiger partial charge in [-0.2, -0.15) is 9.61 Å². The molecule has 0 aliphatic rings. The van der Waals surface area contributed by atoms with Gasteiger partial charge in [-0.1, -0.05) is 30.3 Å². The lowest BCUT2D eigenvalue weighted by Crippen LogP contribution is -2.19. The van der Waals surface area contributed by atoms with Crippen LogP contribution in [0, 0.1) is 3.57 Å². The van der Waals surface area contributed by atoms with Crippen molar-refractivity contribution in [3.63, 3.8) is 0 Å². The van der Waals surface area contributed by atoms with Crippen LogP contribution in [0.3, 0.4) is 0 Å². The molecule has 19 heavy (non-hydrogen) atoms. The Bertz CT molecular complexity index is 693. The van der Waals surface area contributed by atoms with Gasteiger partial charge >= 0.3 is 0 Å². The summed E-state index contributed by atoms with van der Waals surface area (Å²) < 4.78 is 2.94. The second-order valence-corrected chi connectivity index (χ2v) is 5.53. The molecular weight excluding hydrogens is 351 g/mol. The van der Waals surface area contributed by atoms with E-state index in [0.717, 1.165) is 21.6 Å². The zero-order chi connectivity index (χ0) is 13.2. The van der Waals surface area contributed by atoms with Crippen LogP contribution >= 0.6 is 22.6 Å². The third kappa shape index (κ3) is 2.42. The van der Waals surface area contributed by atoms with Gasteiger partial charge in [-0.05, 0) is 34.2 Å². The first-order chi connectivity index (χ1) is 9.25. The molecule has 0 saturated carbocycles. The fourth-order valence-corrected chi connectivity index (χ4v) is 2.57. The average molecular weight is 364 g/mol. The fraction of sp³-hybridized carbons (Fsp3) is 0.143. The zero-order valence-corrected chi connectivity index (χ0v) is 12.7. The Labute approximate surface area is 125 Å². The second-order valence-electron chi connectivity index (χ2n) is 4.37. The molecular formula is C14H13IN4. The molecule has 0 radical (unpaired) electrons. The van der Waals surface area contributed by atoms with Gasteiger partial charge in [0.15, 0.2) is 5.65 Å². The third-order valence-corrected chi connectivity index (χ3v) is 3.75. The number of anilines is 1. The molecule has 0 unspecified atom stereocenters. The van der Waals surface area contributed by atoms with Gasteiger partial charge in [0, 0.05) is 19.8 Å². The number of benzene rings is 1. The standard InChI is InChI=1S/C14H13IN4/c1-18(10-11-5-3-2-4-6-11)13-7-8-16-14-12(15)9-17-19(13)14/h2-9H,10H2,1H3. The minimum atomic E-state index is 0.844. The van der Waals surface area contributed by atoms with Gasteiger partial charge in [0.05, 0.1) is 9.77 Å². The third-order valence-electron chi connectivity index (χ3n) is 2.99. The maximum absolute atomic E-state index is 4.39. The molecule has 3 aromatic rings. The summed E-state index contributed by atoms with van der Waals surface area (Å²) in [6.07, 6.45) is 3.67. The van der Waals surface area contributed by atoms with Gasteiger partial charge in [0.25, 0.3) is 0 Å². The number of fused-ring (bicyclic) bond motifs is 1. The average Bonchev–Trinajstić information content (AvgIpc) is 2.82. The summed E-state index contributed by atoms with van der Waals surface area (Å²) in [5.74, 6) is 1.04. The van der Waals surface area contributed by atoms with E-state index in [0.29, 0.717) is 0 Å². The van der Waals surface area contributed by atoms with E-state index in [2.05, 4.69) is 68.9 Å². The predicted octanol–water partition coefficient (Wildman–Crippen LogP) is 2.97. The van der Waals surface area contributed by atoms with Crippen molar-refractivity contribution in [2.45, 2.75) is 6.54 Å². The minimum absolute atomic E-state index is 0.844. The molecule has 5 heteroatoms. The lowest BCUT2D eigenvalue weighted by Gasteiger charge is -2.19. The SMILES string of the molecule is CN(Cc1ccccc1)c1ccnc2c(I)cnn12. The number of nitrogens with zero attached hydrogens (tertiary/aromatic N) is 4. The molecule has 4 nitrogen and oxygen atoms in total. The van der Waals surface area contributed by atoms with Crippen molar-refractivity contribution >= 4 is 34.1 Å². The molecule has 3 rings (SSSR count). The van der Waals surface area contributed by atoms with Crippen LogP contribution in [0.1, 0.15) is 5.56 Å².